The van der Waals surface area contributed by atoms with E-state index in [9.17, 15) is 9.59 Å². The van der Waals surface area contributed by atoms with Gasteiger partial charge in [0.1, 0.15) is 12.3 Å². The van der Waals surface area contributed by atoms with Gasteiger partial charge < -0.3 is 20.9 Å². The van der Waals surface area contributed by atoms with E-state index < -0.39 is 11.9 Å². The minimum Gasteiger partial charge on any atom is -0.484 e. The van der Waals surface area contributed by atoms with E-state index in [1.54, 1.807) is 6.07 Å². The maximum Gasteiger partial charge on any atom is 0.337 e. The third-order valence-electron chi connectivity index (χ3n) is 1.99. The molecule has 94 valence electrons. The Labute approximate surface area is 103 Å². The summed E-state index contributed by atoms with van der Waals surface area (Å²) in [6.45, 7) is -0.365. The predicted molar refractivity (Wildman–Crippen MR) is 61.9 cm³/mol. The van der Waals surface area contributed by atoms with Crippen LogP contribution in [0.1, 0.15) is 10.4 Å². The Hall–Kier alpha value is -2.75. The van der Waals surface area contributed by atoms with Crippen LogP contribution in [0.4, 0.5) is 5.69 Å². The van der Waals surface area contributed by atoms with Gasteiger partial charge in [-0.1, -0.05) is 0 Å². The summed E-state index contributed by atoms with van der Waals surface area (Å²) >= 11 is 0. The fourth-order valence-electron chi connectivity index (χ4n) is 1.16. The second-order valence-corrected chi connectivity index (χ2v) is 3.28. The molecule has 1 aromatic carbocycles. The molecule has 0 aliphatic rings. The molecule has 4 N–H and O–H groups in total. The largest absolute Gasteiger partial charge is 0.484 e. The molecule has 0 saturated heterocycles. The molecule has 7 nitrogen and oxygen atoms in total. The van der Waals surface area contributed by atoms with E-state index in [1.165, 1.54) is 18.2 Å². The van der Waals surface area contributed by atoms with Crippen molar-refractivity contribution in [3.8, 4) is 11.8 Å². The van der Waals surface area contributed by atoms with Gasteiger partial charge in [0.25, 0.3) is 5.91 Å². The zero-order valence-corrected chi connectivity index (χ0v) is 9.34. The van der Waals surface area contributed by atoms with Gasteiger partial charge in [0.2, 0.25) is 0 Å². The fourth-order valence-corrected chi connectivity index (χ4v) is 1.16. The Kier molecular flexibility index (Phi) is 4.51. The molecule has 18 heavy (non-hydrogen) atoms. The number of ether oxygens (including phenoxy) is 1. The van der Waals surface area contributed by atoms with Crippen LogP contribution in [0.5, 0.6) is 5.75 Å². The monoisotopic (exact) mass is 249 g/mol. The summed E-state index contributed by atoms with van der Waals surface area (Å²) < 4.78 is 5.09. The van der Waals surface area contributed by atoms with E-state index in [0.29, 0.717) is 0 Å². The number of rotatable bonds is 5. The maximum atomic E-state index is 11.1. The highest BCUT2D eigenvalue weighted by Gasteiger charge is 2.09. The standard InChI is InChI=1S/C11H11N3O4/c12-3-4-14-10(15)6-18-7-1-2-8(11(16)17)9(13)5-7/h1-2,5H,4,6,13H2,(H,14,15)(H,16,17). The van der Waals surface area contributed by atoms with Gasteiger partial charge in [0, 0.05) is 11.8 Å². The van der Waals surface area contributed by atoms with Crippen molar-refractivity contribution in [3.63, 3.8) is 0 Å². The van der Waals surface area contributed by atoms with E-state index in [1.807, 2.05) is 0 Å². The number of carboxylic acid groups (broad SMARTS) is 1. The van der Waals surface area contributed by atoms with Gasteiger partial charge in [-0.3, -0.25) is 4.79 Å². The molecular formula is C11H11N3O4. The van der Waals surface area contributed by atoms with Crippen molar-refractivity contribution >= 4 is 17.6 Å². The minimum absolute atomic E-state index is 0.0312. The smallest absolute Gasteiger partial charge is 0.337 e. The second-order valence-electron chi connectivity index (χ2n) is 3.28. The molecule has 0 heterocycles. The predicted octanol–water partition coefficient (Wildman–Crippen LogP) is -0.0144. The molecule has 0 unspecified atom stereocenters. The fraction of sp³-hybridized carbons (Fsp3) is 0.182. The Bertz CT molecular complexity index is 508. The Balaban J connectivity index is 2.59. The van der Waals surface area contributed by atoms with Crippen LogP contribution in [-0.4, -0.2) is 30.1 Å². The molecule has 0 fully saturated rings. The molecule has 7 heteroatoms. The molecule has 1 amide bonds. The first kappa shape index (κ1) is 13.3. The van der Waals surface area contributed by atoms with Gasteiger partial charge in [-0.15, -0.1) is 0 Å². The van der Waals surface area contributed by atoms with E-state index in [4.69, 9.17) is 20.8 Å². The SMILES string of the molecule is N#CCNC(=O)COc1ccc(C(=O)O)c(N)c1. The number of nitrogens with two attached hydrogens (primary N) is 1. The quantitative estimate of drug-likeness (QED) is 0.497. The van der Waals surface area contributed by atoms with Crippen molar-refractivity contribution < 1.29 is 19.4 Å². The van der Waals surface area contributed by atoms with Crippen molar-refractivity contribution in [2.24, 2.45) is 0 Å². The molecule has 0 aromatic heterocycles. The van der Waals surface area contributed by atoms with Gasteiger partial charge in [0.05, 0.1) is 11.6 Å². The molecule has 0 spiro atoms. The van der Waals surface area contributed by atoms with Crippen LogP contribution in [0.3, 0.4) is 0 Å². The summed E-state index contributed by atoms with van der Waals surface area (Å²) in [6, 6.07) is 5.77. The highest BCUT2D eigenvalue weighted by molar-refractivity contribution is 5.93. The molecule has 0 radical (unpaired) electrons. The lowest BCUT2D eigenvalue weighted by Gasteiger charge is -2.07. The van der Waals surface area contributed by atoms with Crippen LogP contribution in [-0.2, 0) is 4.79 Å². The molecule has 0 bridgehead atoms. The highest BCUT2D eigenvalue weighted by atomic mass is 16.5. The van der Waals surface area contributed by atoms with Crippen molar-refractivity contribution in [3.05, 3.63) is 23.8 Å². The topological polar surface area (TPSA) is 125 Å². The number of nitriles is 1. The Morgan fingerprint density at radius 3 is 2.78 bits per heavy atom. The molecular weight excluding hydrogens is 238 g/mol. The number of carbonyl (C=O) groups is 2. The number of nitrogens with zero attached hydrogens (tertiary/aromatic N) is 1. The third-order valence-corrected chi connectivity index (χ3v) is 1.99. The van der Waals surface area contributed by atoms with Gasteiger partial charge in [-0.2, -0.15) is 5.26 Å². The van der Waals surface area contributed by atoms with Gasteiger partial charge >= 0.3 is 5.97 Å². The maximum absolute atomic E-state index is 11.1. The molecule has 0 atom stereocenters. The first-order chi connectivity index (χ1) is 8.54. The van der Waals surface area contributed by atoms with Crippen molar-refractivity contribution in [1.82, 2.24) is 5.32 Å². The summed E-state index contributed by atoms with van der Waals surface area (Å²) in [6.07, 6.45) is 0. The lowest BCUT2D eigenvalue weighted by Crippen LogP contribution is -2.29. The molecule has 0 saturated carbocycles. The highest BCUT2D eigenvalue weighted by Crippen LogP contribution is 2.19. The third kappa shape index (κ3) is 3.68. The lowest BCUT2D eigenvalue weighted by molar-refractivity contribution is -0.122. The number of carboxylic acids is 1. The number of hydrogen-bond donors (Lipinski definition) is 3. The number of benzene rings is 1. The van der Waals surface area contributed by atoms with Crippen molar-refractivity contribution in [2.45, 2.75) is 0 Å². The number of carbonyl (C=O) groups excluding carboxylic acids is 1. The average Bonchev–Trinajstić information content (AvgIpc) is 2.33. The molecule has 1 aromatic rings. The number of amides is 1. The Morgan fingerprint density at radius 2 is 2.22 bits per heavy atom. The molecule has 0 aliphatic carbocycles. The van der Waals surface area contributed by atoms with E-state index >= 15 is 0 Å². The number of nitrogen functional groups attached to an aromatic ring is 1. The first-order valence-corrected chi connectivity index (χ1v) is 4.94. The van der Waals surface area contributed by atoms with Gasteiger partial charge in [-0.25, -0.2) is 4.79 Å². The lowest BCUT2D eigenvalue weighted by atomic mass is 10.2. The summed E-state index contributed by atoms with van der Waals surface area (Å²) in [4.78, 5) is 21.8. The molecule has 1 rings (SSSR count). The summed E-state index contributed by atoms with van der Waals surface area (Å²) in [5.41, 5.74) is 5.53. The summed E-state index contributed by atoms with van der Waals surface area (Å²) in [5, 5.41) is 19.3. The van der Waals surface area contributed by atoms with Crippen LogP contribution < -0.4 is 15.8 Å². The van der Waals surface area contributed by atoms with Crippen molar-refractivity contribution in [1.29, 1.82) is 5.26 Å². The van der Waals surface area contributed by atoms with E-state index in [-0.39, 0.29) is 30.2 Å². The van der Waals surface area contributed by atoms with Crippen LogP contribution in [0, 0.1) is 11.3 Å². The number of hydrogen-bond acceptors (Lipinski definition) is 5. The average molecular weight is 249 g/mol. The number of nitrogens with one attached hydrogen (secondary N) is 1. The van der Waals surface area contributed by atoms with Crippen molar-refractivity contribution in [2.75, 3.05) is 18.9 Å². The zero-order valence-electron chi connectivity index (χ0n) is 9.34. The van der Waals surface area contributed by atoms with E-state index in [2.05, 4.69) is 5.32 Å². The summed E-state index contributed by atoms with van der Waals surface area (Å²) in [7, 11) is 0. The van der Waals surface area contributed by atoms with Gasteiger partial charge in [-0.05, 0) is 12.1 Å². The minimum atomic E-state index is -1.13. The normalized spacial score (nSPS) is 9.28. The van der Waals surface area contributed by atoms with Crippen LogP contribution in [0.2, 0.25) is 0 Å². The Morgan fingerprint density at radius 1 is 1.50 bits per heavy atom. The zero-order chi connectivity index (χ0) is 13.5. The molecule has 0 aliphatic heterocycles. The van der Waals surface area contributed by atoms with Crippen LogP contribution >= 0.6 is 0 Å². The van der Waals surface area contributed by atoms with Crippen LogP contribution in [0.25, 0.3) is 0 Å². The number of anilines is 1. The first-order valence-electron chi connectivity index (χ1n) is 4.94. The van der Waals surface area contributed by atoms with E-state index in [0.717, 1.165) is 0 Å². The van der Waals surface area contributed by atoms with Crippen LogP contribution in [0.15, 0.2) is 18.2 Å². The van der Waals surface area contributed by atoms with Gasteiger partial charge in [0.15, 0.2) is 6.61 Å². The summed E-state index contributed by atoms with van der Waals surface area (Å²) in [5.74, 6) is -1.30. The number of aromatic carboxylic acids is 1. The second kappa shape index (κ2) is 6.10.